The summed E-state index contributed by atoms with van der Waals surface area (Å²) in [5.74, 6) is -0.284. The second-order valence-electron chi connectivity index (χ2n) is 9.70. The van der Waals surface area contributed by atoms with E-state index in [-0.39, 0.29) is 17.3 Å². The number of rotatable bonds is 9. The number of aromatic nitrogens is 3. The molecule has 0 radical (unpaired) electrons. The highest BCUT2D eigenvalue weighted by molar-refractivity contribution is 7.92. The summed E-state index contributed by atoms with van der Waals surface area (Å²) in [6.07, 6.45) is 0. The minimum Gasteiger partial charge on any atom is -0.282 e. The summed E-state index contributed by atoms with van der Waals surface area (Å²) in [7, 11) is -3.82. The topological polar surface area (TPSA) is 88.4 Å². The van der Waals surface area contributed by atoms with E-state index in [9.17, 15) is 13.2 Å². The van der Waals surface area contributed by atoms with Crippen molar-refractivity contribution in [2.45, 2.75) is 39.1 Å². The highest BCUT2D eigenvalue weighted by Crippen LogP contribution is 2.34. The first-order valence-corrected chi connectivity index (χ1v) is 15.8. The molecule has 2 aromatic heterocycles. The van der Waals surface area contributed by atoms with Gasteiger partial charge in [0, 0.05) is 29.4 Å². The van der Waals surface area contributed by atoms with E-state index in [1.165, 1.54) is 27.8 Å². The van der Waals surface area contributed by atoms with Crippen molar-refractivity contribution in [3.05, 3.63) is 100 Å². The molecule has 0 atom stereocenters. The molecule has 0 unspecified atom stereocenters. The molecule has 2 heterocycles. The third-order valence-electron chi connectivity index (χ3n) is 6.77. The maximum Gasteiger partial charge on any atom is 0.264 e. The summed E-state index contributed by atoms with van der Waals surface area (Å²) >= 11 is 7.68. The molecule has 212 valence electrons. The van der Waals surface area contributed by atoms with Crippen LogP contribution < -0.4 is 9.21 Å². The van der Waals surface area contributed by atoms with Gasteiger partial charge in [0.1, 0.15) is 0 Å². The number of carbonyl (C=O) groups is 1. The van der Waals surface area contributed by atoms with E-state index in [0.29, 0.717) is 34.5 Å². The molecule has 3 aromatic carbocycles. The minimum absolute atomic E-state index is 0.110. The van der Waals surface area contributed by atoms with Gasteiger partial charge in [0.25, 0.3) is 15.9 Å². The van der Waals surface area contributed by atoms with E-state index in [1.807, 2.05) is 49.7 Å². The Morgan fingerprint density at radius 3 is 2.34 bits per heavy atom. The Labute approximate surface area is 248 Å². The van der Waals surface area contributed by atoms with Gasteiger partial charge in [0.05, 0.1) is 33.0 Å². The van der Waals surface area contributed by atoms with Crippen LogP contribution in [0.1, 0.15) is 34.2 Å². The third kappa shape index (κ3) is 5.86. The van der Waals surface area contributed by atoms with Gasteiger partial charge in [0.2, 0.25) is 0 Å². The lowest BCUT2D eigenvalue weighted by Gasteiger charge is -2.23. The predicted molar refractivity (Wildman–Crippen MR) is 166 cm³/mol. The lowest BCUT2D eigenvalue weighted by atomic mass is 10.2. The number of para-hydroxylation sites is 1. The number of anilines is 2. The van der Waals surface area contributed by atoms with Gasteiger partial charge in [0.15, 0.2) is 5.13 Å². The number of hydrogen-bond donors (Lipinski definition) is 0. The van der Waals surface area contributed by atoms with Crippen molar-refractivity contribution in [1.82, 2.24) is 14.8 Å². The van der Waals surface area contributed by atoms with Crippen LogP contribution in [-0.4, -0.2) is 42.2 Å². The Morgan fingerprint density at radius 2 is 1.71 bits per heavy atom. The lowest BCUT2D eigenvalue weighted by molar-refractivity contribution is 0.0985. The molecule has 0 bridgehead atoms. The zero-order valence-corrected chi connectivity index (χ0v) is 25.6. The molecular weight excluding hydrogens is 578 g/mol. The Morgan fingerprint density at radius 1 is 1.00 bits per heavy atom. The van der Waals surface area contributed by atoms with Gasteiger partial charge in [-0.15, -0.1) is 0 Å². The van der Waals surface area contributed by atoms with Gasteiger partial charge < -0.3 is 0 Å². The lowest BCUT2D eigenvalue weighted by Crippen LogP contribution is -2.34. The Hall–Kier alpha value is -3.73. The van der Waals surface area contributed by atoms with E-state index >= 15 is 0 Å². The molecule has 0 spiro atoms. The molecule has 11 heteroatoms. The van der Waals surface area contributed by atoms with Crippen LogP contribution in [0.4, 0.5) is 10.8 Å². The number of aryl methyl sites for hydroxylation is 3. The standard InChI is InChI=1S/C30H30ClN5O3S2/c1-5-36(25-9-7-6-8-10-25)41(38,39)26-13-11-23(12-14-26)29(37)34(15-16-35-22(4)18-21(3)33-35)30-32-28-20(2)17-24(31)19-27(28)40-30/h6-14,17-19H,5,15-16H2,1-4H3. The molecular formula is C30H30ClN5O3S2. The van der Waals surface area contributed by atoms with Gasteiger partial charge in [-0.2, -0.15) is 5.10 Å². The van der Waals surface area contributed by atoms with Crippen LogP contribution in [-0.2, 0) is 16.6 Å². The first-order chi connectivity index (χ1) is 19.6. The van der Waals surface area contributed by atoms with E-state index in [4.69, 9.17) is 16.6 Å². The molecule has 5 rings (SSSR count). The number of benzene rings is 3. The van der Waals surface area contributed by atoms with Crippen LogP contribution in [0.5, 0.6) is 0 Å². The van der Waals surface area contributed by atoms with Crippen molar-refractivity contribution in [2.24, 2.45) is 0 Å². The van der Waals surface area contributed by atoms with Crippen LogP contribution in [0, 0.1) is 20.8 Å². The smallest absolute Gasteiger partial charge is 0.264 e. The number of nitrogens with zero attached hydrogens (tertiary/aromatic N) is 5. The number of thiazole rings is 1. The van der Waals surface area contributed by atoms with Crippen molar-refractivity contribution in [3.8, 4) is 0 Å². The van der Waals surface area contributed by atoms with Crippen molar-refractivity contribution < 1.29 is 13.2 Å². The molecule has 41 heavy (non-hydrogen) atoms. The van der Waals surface area contributed by atoms with Gasteiger partial charge in [-0.05, 0) is 87.9 Å². The average molecular weight is 608 g/mol. The number of hydrogen-bond acceptors (Lipinski definition) is 6. The van der Waals surface area contributed by atoms with Crippen LogP contribution >= 0.6 is 22.9 Å². The van der Waals surface area contributed by atoms with Gasteiger partial charge >= 0.3 is 0 Å². The van der Waals surface area contributed by atoms with Crippen LogP contribution in [0.25, 0.3) is 10.2 Å². The Balaban J connectivity index is 1.48. The van der Waals surface area contributed by atoms with Gasteiger partial charge in [-0.1, -0.05) is 41.1 Å². The van der Waals surface area contributed by atoms with Crippen LogP contribution in [0.15, 0.2) is 77.7 Å². The number of fused-ring (bicyclic) bond motifs is 1. The van der Waals surface area contributed by atoms with Crippen LogP contribution in [0.2, 0.25) is 5.02 Å². The fourth-order valence-corrected chi connectivity index (χ4v) is 7.69. The molecule has 0 saturated carbocycles. The molecule has 0 aliphatic carbocycles. The Bertz CT molecular complexity index is 1820. The van der Waals surface area contributed by atoms with E-state index in [0.717, 1.165) is 27.2 Å². The molecule has 1 amide bonds. The number of amides is 1. The van der Waals surface area contributed by atoms with E-state index in [1.54, 1.807) is 48.2 Å². The van der Waals surface area contributed by atoms with Gasteiger partial charge in [-0.3, -0.25) is 18.7 Å². The quantitative estimate of drug-likeness (QED) is 0.188. The normalized spacial score (nSPS) is 11.6. The SMILES string of the molecule is CCN(c1ccccc1)S(=O)(=O)c1ccc(C(=O)N(CCn2nc(C)cc2C)c2nc3c(C)cc(Cl)cc3s2)cc1. The Kier molecular flexibility index (Phi) is 8.17. The predicted octanol–water partition coefficient (Wildman–Crippen LogP) is 6.63. The second kappa shape index (κ2) is 11.6. The van der Waals surface area contributed by atoms with Crippen molar-refractivity contribution >= 4 is 59.9 Å². The number of sulfonamides is 1. The molecule has 8 nitrogen and oxygen atoms in total. The fraction of sp³-hybridized carbons (Fsp3) is 0.233. The molecule has 5 aromatic rings. The van der Waals surface area contributed by atoms with Crippen molar-refractivity contribution in [1.29, 1.82) is 0 Å². The molecule has 0 aliphatic heterocycles. The zero-order valence-electron chi connectivity index (χ0n) is 23.2. The maximum atomic E-state index is 13.9. The summed E-state index contributed by atoms with van der Waals surface area (Å²) in [5, 5.41) is 5.68. The average Bonchev–Trinajstić information content (AvgIpc) is 3.51. The molecule has 0 saturated heterocycles. The summed E-state index contributed by atoms with van der Waals surface area (Å²) in [6.45, 7) is 8.70. The zero-order chi connectivity index (χ0) is 29.3. The first-order valence-electron chi connectivity index (χ1n) is 13.2. The third-order valence-corrected chi connectivity index (χ3v) is 9.94. The maximum absolute atomic E-state index is 13.9. The fourth-order valence-electron chi connectivity index (χ4n) is 4.78. The molecule has 0 fully saturated rings. The molecule has 0 N–H and O–H groups in total. The minimum atomic E-state index is -3.82. The summed E-state index contributed by atoms with van der Waals surface area (Å²) in [5.41, 5.74) is 4.55. The number of halogens is 1. The van der Waals surface area contributed by atoms with Crippen LogP contribution in [0.3, 0.4) is 0 Å². The second-order valence-corrected chi connectivity index (χ2v) is 13.0. The van der Waals surface area contributed by atoms with E-state index in [2.05, 4.69) is 5.10 Å². The summed E-state index contributed by atoms with van der Waals surface area (Å²) < 4.78 is 31.0. The van der Waals surface area contributed by atoms with E-state index < -0.39 is 10.0 Å². The van der Waals surface area contributed by atoms with Gasteiger partial charge in [-0.25, -0.2) is 13.4 Å². The highest BCUT2D eigenvalue weighted by atomic mass is 35.5. The monoisotopic (exact) mass is 607 g/mol. The van der Waals surface area contributed by atoms with Crippen molar-refractivity contribution in [2.75, 3.05) is 22.3 Å². The summed E-state index contributed by atoms with van der Waals surface area (Å²) in [4.78, 5) is 20.5. The first kappa shape index (κ1) is 28.8. The number of carbonyl (C=O) groups excluding carboxylic acids is 1. The summed E-state index contributed by atoms with van der Waals surface area (Å²) in [6, 6.07) is 20.7. The molecule has 0 aliphatic rings. The highest BCUT2D eigenvalue weighted by Gasteiger charge is 2.26. The van der Waals surface area contributed by atoms with Crippen molar-refractivity contribution in [3.63, 3.8) is 0 Å². The largest absolute Gasteiger partial charge is 0.282 e.